The number of carboxylic acids is 1. The molecule has 0 saturated carbocycles. The molecule has 1 aromatic heterocycles. The second-order valence-electron chi connectivity index (χ2n) is 3.54. The molecule has 0 aromatic carbocycles. The third kappa shape index (κ3) is 2.56. The molecule has 0 bridgehead atoms. The highest BCUT2D eigenvalue weighted by atomic mass is 16.5. The summed E-state index contributed by atoms with van der Waals surface area (Å²) >= 11 is 0. The Morgan fingerprint density at radius 3 is 2.62 bits per heavy atom. The number of carboxylic acid groups (broad SMARTS) is 1. The first-order valence-electron chi connectivity index (χ1n) is 4.84. The van der Waals surface area contributed by atoms with E-state index in [1.54, 1.807) is 13.8 Å². The highest BCUT2D eigenvalue weighted by Crippen LogP contribution is 2.19. The Balaban J connectivity index is 3.14. The minimum Gasteiger partial charge on any atom is -0.476 e. The normalized spacial score (nSPS) is 14.8. The van der Waals surface area contributed by atoms with E-state index in [1.165, 1.54) is 11.8 Å². The number of carbonyl (C=O) groups is 1. The van der Waals surface area contributed by atoms with Crippen LogP contribution in [-0.4, -0.2) is 44.4 Å². The summed E-state index contributed by atoms with van der Waals surface area (Å²) in [6.45, 7) is 3.47. The van der Waals surface area contributed by atoms with Crippen LogP contribution in [0, 0.1) is 0 Å². The molecular formula is C9H15N3O4. The minimum absolute atomic E-state index is 0.144. The molecule has 1 heterocycles. The SMILES string of the molecule is COC(C)c1c(C(=O)O)nnn1CC(C)O. The number of hydrogen-bond donors (Lipinski definition) is 2. The predicted molar refractivity (Wildman–Crippen MR) is 54.1 cm³/mol. The molecular weight excluding hydrogens is 214 g/mol. The van der Waals surface area contributed by atoms with E-state index in [0.717, 1.165) is 0 Å². The number of nitrogens with zero attached hydrogens (tertiary/aromatic N) is 3. The molecule has 0 aliphatic rings. The van der Waals surface area contributed by atoms with E-state index in [9.17, 15) is 9.90 Å². The molecule has 0 spiro atoms. The molecule has 1 rings (SSSR count). The predicted octanol–water partition coefficient (Wildman–Crippen LogP) is 0.0645. The number of rotatable bonds is 5. The van der Waals surface area contributed by atoms with Gasteiger partial charge in [0.05, 0.1) is 18.8 Å². The summed E-state index contributed by atoms with van der Waals surface area (Å²) in [5.41, 5.74) is 0.214. The third-order valence-corrected chi connectivity index (χ3v) is 2.15. The van der Waals surface area contributed by atoms with Crippen molar-refractivity contribution in [1.29, 1.82) is 0 Å². The summed E-state index contributed by atoms with van der Waals surface area (Å²) in [5.74, 6) is -1.16. The van der Waals surface area contributed by atoms with Crippen LogP contribution in [0.4, 0.5) is 0 Å². The van der Waals surface area contributed by atoms with Gasteiger partial charge in [-0.2, -0.15) is 0 Å². The molecule has 0 aliphatic heterocycles. The molecule has 0 aliphatic carbocycles. The lowest BCUT2D eigenvalue weighted by molar-refractivity contribution is 0.0671. The summed E-state index contributed by atoms with van der Waals surface area (Å²) in [6.07, 6.45) is -1.08. The molecule has 0 radical (unpaired) electrons. The van der Waals surface area contributed by atoms with Gasteiger partial charge in [-0.05, 0) is 13.8 Å². The standard InChI is InChI=1S/C9H15N3O4/c1-5(13)4-12-8(6(2)16-3)7(9(14)15)10-11-12/h5-6,13H,4H2,1-3H3,(H,14,15). The smallest absolute Gasteiger partial charge is 0.358 e. The third-order valence-electron chi connectivity index (χ3n) is 2.15. The van der Waals surface area contributed by atoms with Crippen LogP contribution in [0.15, 0.2) is 0 Å². The Bertz CT molecular complexity index is 375. The van der Waals surface area contributed by atoms with Crippen molar-refractivity contribution >= 4 is 5.97 Å². The number of ether oxygens (including phenoxy) is 1. The van der Waals surface area contributed by atoms with Crippen molar-refractivity contribution in [2.24, 2.45) is 0 Å². The van der Waals surface area contributed by atoms with Crippen LogP contribution in [0.1, 0.15) is 36.1 Å². The topological polar surface area (TPSA) is 97.5 Å². The maximum atomic E-state index is 10.9. The summed E-state index contributed by atoms with van der Waals surface area (Å²) in [6, 6.07) is 0. The fourth-order valence-corrected chi connectivity index (χ4v) is 1.37. The molecule has 0 amide bonds. The molecule has 2 unspecified atom stereocenters. The van der Waals surface area contributed by atoms with Crippen LogP contribution in [0.5, 0.6) is 0 Å². The number of aromatic carboxylic acids is 1. The maximum Gasteiger partial charge on any atom is 0.358 e. The largest absolute Gasteiger partial charge is 0.476 e. The fraction of sp³-hybridized carbons (Fsp3) is 0.667. The number of hydrogen-bond acceptors (Lipinski definition) is 5. The van der Waals surface area contributed by atoms with Gasteiger partial charge in [0.2, 0.25) is 0 Å². The van der Waals surface area contributed by atoms with Gasteiger partial charge in [-0.1, -0.05) is 5.21 Å². The first-order chi connectivity index (χ1) is 7.47. The molecule has 0 fully saturated rings. The molecule has 0 saturated heterocycles. The second kappa shape index (κ2) is 5.04. The molecule has 7 heteroatoms. The minimum atomic E-state index is -1.16. The van der Waals surface area contributed by atoms with Crippen LogP contribution < -0.4 is 0 Å². The van der Waals surface area contributed by atoms with Crippen LogP contribution in [-0.2, 0) is 11.3 Å². The van der Waals surface area contributed by atoms with E-state index in [1.807, 2.05) is 0 Å². The first-order valence-corrected chi connectivity index (χ1v) is 4.84. The lowest BCUT2D eigenvalue weighted by atomic mass is 10.2. The Kier molecular flexibility index (Phi) is 3.97. The van der Waals surface area contributed by atoms with Crippen molar-refractivity contribution < 1.29 is 19.7 Å². The van der Waals surface area contributed by atoms with Gasteiger partial charge < -0.3 is 14.9 Å². The van der Waals surface area contributed by atoms with E-state index >= 15 is 0 Å². The van der Waals surface area contributed by atoms with E-state index in [2.05, 4.69) is 10.3 Å². The Labute approximate surface area is 92.6 Å². The number of aromatic nitrogens is 3. The zero-order valence-corrected chi connectivity index (χ0v) is 9.41. The molecule has 16 heavy (non-hydrogen) atoms. The monoisotopic (exact) mass is 229 g/mol. The summed E-state index contributed by atoms with van der Waals surface area (Å²) in [7, 11) is 1.47. The zero-order chi connectivity index (χ0) is 12.3. The van der Waals surface area contributed by atoms with Gasteiger partial charge >= 0.3 is 5.97 Å². The Hall–Kier alpha value is -1.47. The first kappa shape index (κ1) is 12.6. The van der Waals surface area contributed by atoms with Crippen LogP contribution in [0.25, 0.3) is 0 Å². The van der Waals surface area contributed by atoms with E-state index < -0.39 is 18.2 Å². The molecule has 2 N–H and O–H groups in total. The molecule has 90 valence electrons. The molecule has 2 atom stereocenters. The lowest BCUT2D eigenvalue weighted by Crippen LogP contribution is -2.18. The summed E-state index contributed by atoms with van der Waals surface area (Å²) in [4.78, 5) is 10.9. The van der Waals surface area contributed by atoms with Crippen molar-refractivity contribution in [2.75, 3.05) is 7.11 Å². The van der Waals surface area contributed by atoms with Crippen LogP contribution in [0.3, 0.4) is 0 Å². The van der Waals surface area contributed by atoms with Crippen molar-refractivity contribution in [3.8, 4) is 0 Å². The van der Waals surface area contributed by atoms with Gasteiger partial charge in [-0.3, -0.25) is 0 Å². The van der Waals surface area contributed by atoms with Gasteiger partial charge in [0.15, 0.2) is 5.69 Å². The maximum absolute atomic E-state index is 10.9. The van der Waals surface area contributed by atoms with Crippen molar-refractivity contribution in [2.45, 2.75) is 32.6 Å². The highest BCUT2D eigenvalue weighted by Gasteiger charge is 2.24. The Morgan fingerprint density at radius 1 is 1.56 bits per heavy atom. The van der Waals surface area contributed by atoms with E-state index in [0.29, 0.717) is 5.69 Å². The van der Waals surface area contributed by atoms with Gasteiger partial charge in [0, 0.05) is 7.11 Å². The lowest BCUT2D eigenvalue weighted by Gasteiger charge is -2.13. The average Bonchev–Trinajstić information content (AvgIpc) is 2.59. The highest BCUT2D eigenvalue weighted by molar-refractivity contribution is 5.86. The number of aliphatic hydroxyl groups excluding tert-OH is 1. The van der Waals surface area contributed by atoms with E-state index in [4.69, 9.17) is 9.84 Å². The summed E-state index contributed by atoms with van der Waals surface area (Å²) in [5, 5.41) is 25.4. The molecule has 7 nitrogen and oxygen atoms in total. The molecule has 1 aromatic rings. The van der Waals surface area contributed by atoms with Crippen LogP contribution >= 0.6 is 0 Å². The number of aliphatic hydroxyl groups is 1. The van der Waals surface area contributed by atoms with Gasteiger partial charge in [0.25, 0.3) is 0 Å². The number of methoxy groups -OCH3 is 1. The quantitative estimate of drug-likeness (QED) is 0.741. The average molecular weight is 229 g/mol. The second-order valence-corrected chi connectivity index (χ2v) is 3.54. The van der Waals surface area contributed by atoms with Gasteiger partial charge in [0.1, 0.15) is 5.69 Å². The van der Waals surface area contributed by atoms with Crippen LogP contribution in [0.2, 0.25) is 0 Å². The van der Waals surface area contributed by atoms with Crippen molar-refractivity contribution in [3.05, 3.63) is 11.4 Å². The van der Waals surface area contributed by atoms with Gasteiger partial charge in [-0.25, -0.2) is 9.48 Å². The fourth-order valence-electron chi connectivity index (χ4n) is 1.37. The zero-order valence-electron chi connectivity index (χ0n) is 9.41. The van der Waals surface area contributed by atoms with Crippen molar-refractivity contribution in [1.82, 2.24) is 15.0 Å². The van der Waals surface area contributed by atoms with Gasteiger partial charge in [-0.15, -0.1) is 5.10 Å². The Morgan fingerprint density at radius 2 is 2.19 bits per heavy atom. The van der Waals surface area contributed by atoms with Crippen molar-refractivity contribution in [3.63, 3.8) is 0 Å². The summed E-state index contributed by atoms with van der Waals surface area (Å²) < 4.78 is 6.41. The van der Waals surface area contributed by atoms with E-state index in [-0.39, 0.29) is 12.2 Å².